The van der Waals surface area contributed by atoms with Crippen LogP contribution in [0.15, 0.2) is 117 Å². The van der Waals surface area contributed by atoms with Crippen LogP contribution in [0.3, 0.4) is 0 Å². The van der Waals surface area contributed by atoms with Crippen molar-refractivity contribution in [1.82, 2.24) is 10.3 Å². The molecule has 1 aromatic heterocycles. The molecule has 3 aromatic carbocycles. The number of methoxy groups -OCH3 is 1. The zero-order chi connectivity index (χ0) is 34.4. The van der Waals surface area contributed by atoms with Gasteiger partial charge in [-0.05, 0) is 85.0 Å². The highest BCUT2D eigenvalue weighted by molar-refractivity contribution is 7.97. The van der Waals surface area contributed by atoms with E-state index in [-0.39, 0.29) is 7.43 Å². The van der Waals surface area contributed by atoms with Gasteiger partial charge in [0, 0.05) is 12.4 Å². The quantitative estimate of drug-likeness (QED) is 0.0990. The second kappa shape index (κ2) is 41.4. The molecule has 0 aliphatic rings. The molecule has 7 heteroatoms. The van der Waals surface area contributed by atoms with Gasteiger partial charge in [0.1, 0.15) is 5.75 Å². The van der Waals surface area contributed by atoms with Crippen LogP contribution in [0.2, 0.25) is 0 Å². The number of ether oxygens (including phenoxy) is 1. The van der Waals surface area contributed by atoms with Gasteiger partial charge in [-0.1, -0.05) is 121 Å². The van der Waals surface area contributed by atoms with Gasteiger partial charge in [0.15, 0.2) is 0 Å². The zero-order valence-corrected chi connectivity index (χ0v) is 29.6. The van der Waals surface area contributed by atoms with Gasteiger partial charge >= 0.3 is 0 Å². The number of aryl methyl sites for hydroxylation is 1. The number of aliphatic hydroxyl groups excluding tert-OH is 1. The van der Waals surface area contributed by atoms with Crippen molar-refractivity contribution in [1.29, 1.82) is 0 Å². The van der Waals surface area contributed by atoms with E-state index in [1.54, 1.807) is 25.1 Å². The Morgan fingerprint density at radius 1 is 0.870 bits per heavy atom. The number of benzene rings is 3. The van der Waals surface area contributed by atoms with Crippen molar-refractivity contribution in [3.05, 3.63) is 128 Å². The lowest BCUT2D eigenvalue weighted by Gasteiger charge is -2.00. The van der Waals surface area contributed by atoms with Crippen LogP contribution in [0.5, 0.6) is 5.75 Å². The number of nitrogens with two attached hydrogens (primary N) is 1. The predicted octanol–water partition coefficient (Wildman–Crippen LogP) is 10.4. The summed E-state index contributed by atoms with van der Waals surface area (Å²) in [6, 6.07) is 28.4. The highest BCUT2D eigenvalue weighted by atomic mass is 32.2. The first-order valence-electron chi connectivity index (χ1n) is 15.2. The predicted molar refractivity (Wildman–Crippen MR) is 209 cm³/mol. The van der Waals surface area contributed by atoms with E-state index in [4.69, 9.17) is 9.84 Å². The third kappa shape index (κ3) is 33.3. The van der Waals surface area contributed by atoms with Crippen molar-refractivity contribution in [2.45, 2.75) is 54.4 Å². The Hall–Kier alpha value is -3.62. The summed E-state index contributed by atoms with van der Waals surface area (Å²) < 4.78 is 5.12. The number of fused-ring (bicyclic) bond motifs is 1. The Morgan fingerprint density at radius 3 is 1.80 bits per heavy atom. The first-order chi connectivity index (χ1) is 21.9. The molecule has 0 spiro atoms. The van der Waals surface area contributed by atoms with E-state index in [1.807, 2.05) is 92.4 Å². The maximum Gasteiger partial charge on any atom is 0.119 e. The van der Waals surface area contributed by atoms with Crippen molar-refractivity contribution in [3.8, 4) is 5.75 Å². The number of aromatic nitrogens is 1. The molecule has 0 unspecified atom stereocenters. The lowest BCUT2D eigenvalue weighted by Crippen LogP contribution is -2.12. The molecule has 258 valence electrons. The number of pyridine rings is 1. The Kier molecular flexibility index (Phi) is 44.3. The van der Waals surface area contributed by atoms with Crippen LogP contribution in [0.1, 0.15) is 59.1 Å². The molecular formula is C39H63N3O3S. The molecule has 0 atom stereocenters. The van der Waals surface area contributed by atoms with Gasteiger partial charge in [-0.2, -0.15) is 11.8 Å². The van der Waals surface area contributed by atoms with Crippen LogP contribution >= 0.6 is 11.8 Å². The molecule has 0 radical (unpaired) electrons. The highest BCUT2D eigenvalue weighted by Crippen LogP contribution is 2.19. The van der Waals surface area contributed by atoms with Crippen LogP contribution in [-0.2, 0) is 11.3 Å². The Morgan fingerprint density at radius 2 is 1.46 bits per heavy atom. The van der Waals surface area contributed by atoms with Crippen molar-refractivity contribution >= 4 is 28.6 Å². The molecule has 0 aliphatic carbocycles. The summed E-state index contributed by atoms with van der Waals surface area (Å²) in [6.07, 6.45) is 13.7. The number of hydrogen-bond donors (Lipinski definition) is 3. The minimum absolute atomic E-state index is 0. The van der Waals surface area contributed by atoms with Crippen molar-refractivity contribution < 1.29 is 14.7 Å². The molecule has 4 aromatic rings. The van der Waals surface area contributed by atoms with Crippen molar-refractivity contribution in [3.63, 3.8) is 0 Å². The Bertz CT molecular complexity index is 1140. The van der Waals surface area contributed by atoms with Crippen molar-refractivity contribution in [2.24, 2.45) is 5.90 Å². The second-order valence-electron chi connectivity index (χ2n) is 8.86. The SMILES string of the molecule is C.C=CO.C=Cc1ccccc1.CCCNCC.CCCON.CCc1cccnc1.COc1ccc2ccccc2c1.CSC. The number of nitrogens with zero attached hydrogens (tertiary/aromatic N) is 1. The Labute approximate surface area is 286 Å². The summed E-state index contributed by atoms with van der Waals surface area (Å²) in [4.78, 5) is 8.15. The van der Waals surface area contributed by atoms with Crippen molar-refractivity contribution in [2.75, 3.05) is 39.3 Å². The monoisotopic (exact) mass is 653 g/mol. The number of nitrogens with one attached hydrogen (secondary N) is 1. The van der Waals surface area contributed by atoms with Gasteiger partial charge in [-0.15, -0.1) is 0 Å². The molecule has 0 fully saturated rings. The number of aliphatic hydroxyl groups is 1. The first-order valence-corrected chi connectivity index (χ1v) is 16.8. The fraction of sp³-hybridized carbons (Fsp3) is 0.359. The minimum atomic E-state index is 0. The standard InChI is InChI=1S/C11H10O.C8H8.C7H9N.C5H13N.C3H9NO.C2H4O.C2H6S.CH4/c1-12-11-7-6-9-4-2-3-5-10(9)8-11;1-2-8-6-4-3-5-7-8;1-2-7-4-3-5-8-6-7;1-3-5-6-4-2;1-2-3-5-4;1-2-3;1-3-2;/h2-8H,1H3;2-7H,1H2;3-6H,2H2,1H3;6H,3-5H2,1-2H3;2-4H2,1H3;2-3H,1H2;1-2H3;1H4. The van der Waals surface area contributed by atoms with Gasteiger partial charge in [-0.25, -0.2) is 5.90 Å². The van der Waals surface area contributed by atoms with Gasteiger partial charge < -0.3 is 20.0 Å². The van der Waals surface area contributed by atoms with Crippen LogP contribution in [0, 0.1) is 0 Å². The molecular weight excluding hydrogens is 591 g/mol. The molecule has 1 heterocycles. The summed E-state index contributed by atoms with van der Waals surface area (Å²) in [5, 5.41) is 13.0. The third-order valence-corrected chi connectivity index (χ3v) is 5.12. The molecule has 0 saturated carbocycles. The fourth-order valence-electron chi connectivity index (χ4n) is 2.96. The second-order valence-corrected chi connectivity index (χ2v) is 9.67. The highest BCUT2D eigenvalue weighted by Gasteiger charge is 1.93. The Balaban J connectivity index is -0.000000235. The summed E-state index contributed by atoms with van der Waals surface area (Å²) in [6.45, 7) is 17.9. The number of hydrogen-bond acceptors (Lipinski definition) is 7. The average molecular weight is 654 g/mol. The van der Waals surface area contributed by atoms with E-state index in [1.165, 1.54) is 28.3 Å². The van der Waals surface area contributed by atoms with E-state index in [2.05, 4.69) is 79.2 Å². The molecule has 46 heavy (non-hydrogen) atoms. The number of rotatable bonds is 8. The first kappa shape index (κ1) is 49.3. The summed E-state index contributed by atoms with van der Waals surface area (Å²) in [5.41, 5.74) is 2.47. The topological polar surface area (TPSA) is 89.6 Å². The summed E-state index contributed by atoms with van der Waals surface area (Å²) in [7, 11) is 1.68. The molecule has 0 bridgehead atoms. The van der Waals surface area contributed by atoms with Gasteiger partial charge in [0.05, 0.1) is 20.0 Å². The lowest BCUT2D eigenvalue weighted by atomic mass is 10.1. The maximum atomic E-state index is 7.33. The summed E-state index contributed by atoms with van der Waals surface area (Å²) >= 11 is 1.75. The normalized spacial score (nSPS) is 8.43. The van der Waals surface area contributed by atoms with E-state index in [0.717, 1.165) is 37.9 Å². The minimum Gasteiger partial charge on any atom is -0.516 e. The van der Waals surface area contributed by atoms with E-state index in [9.17, 15) is 0 Å². The average Bonchev–Trinajstić information content (AvgIpc) is 3.10. The van der Waals surface area contributed by atoms with Crippen LogP contribution in [0.25, 0.3) is 16.8 Å². The van der Waals surface area contributed by atoms with Crippen LogP contribution < -0.4 is 16.0 Å². The molecule has 4 rings (SSSR count). The smallest absolute Gasteiger partial charge is 0.119 e. The van der Waals surface area contributed by atoms with Gasteiger partial charge in [-0.3, -0.25) is 4.98 Å². The fourth-order valence-corrected chi connectivity index (χ4v) is 2.96. The van der Waals surface area contributed by atoms with Gasteiger partial charge in [0.2, 0.25) is 0 Å². The molecule has 0 amide bonds. The van der Waals surface area contributed by atoms with Crippen LogP contribution in [0.4, 0.5) is 0 Å². The third-order valence-electron chi connectivity index (χ3n) is 5.12. The number of thioether (sulfide) groups is 1. The molecule has 4 N–H and O–H groups in total. The lowest BCUT2D eigenvalue weighted by molar-refractivity contribution is 0.138. The van der Waals surface area contributed by atoms with E-state index in [0.29, 0.717) is 6.61 Å². The summed E-state index contributed by atoms with van der Waals surface area (Å²) in [5.74, 6) is 5.55. The molecule has 6 nitrogen and oxygen atoms in total. The van der Waals surface area contributed by atoms with E-state index >= 15 is 0 Å². The van der Waals surface area contributed by atoms with Gasteiger partial charge in [0.25, 0.3) is 0 Å². The largest absolute Gasteiger partial charge is 0.516 e. The molecule has 0 aliphatic heterocycles. The van der Waals surface area contributed by atoms with E-state index < -0.39 is 0 Å². The zero-order valence-electron chi connectivity index (χ0n) is 28.7. The molecule has 0 saturated heterocycles. The maximum absolute atomic E-state index is 7.33. The van der Waals surface area contributed by atoms with Crippen LogP contribution in [-0.4, -0.2) is 49.4 Å².